The highest BCUT2D eigenvalue weighted by molar-refractivity contribution is 5.84. The lowest BCUT2D eigenvalue weighted by Gasteiger charge is -2.27. The Balaban J connectivity index is 2.24. The first-order chi connectivity index (χ1) is 10.3. The summed E-state index contributed by atoms with van der Waals surface area (Å²) in [6, 6.07) is 2.30. The lowest BCUT2D eigenvalue weighted by molar-refractivity contribution is -0.139. The number of hydrogen-bond donors (Lipinski definition) is 1. The van der Waals surface area contributed by atoms with Gasteiger partial charge in [0.2, 0.25) is 11.8 Å². The number of benzene rings is 1. The SMILES string of the molecule is CC(=O)N(C)CC(=O)N1CC(O)CC1c1cc(F)ccc1F. The van der Waals surface area contributed by atoms with Crippen LogP contribution in [0.25, 0.3) is 0 Å². The second kappa shape index (κ2) is 6.39. The zero-order valence-electron chi connectivity index (χ0n) is 12.4. The van der Waals surface area contributed by atoms with Crippen LogP contribution in [0.1, 0.15) is 24.9 Å². The van der Waals surface area contributed by atoms with Crippen molar-refractivity contribution < 1.29 is 23.5 Å². The van der Waals surface area contributed by atoms with Crippen molar-refractivity contribution in [2.75, 3.05) is 20.1 Å². The number of β-amino-alcohol motifs (C(OH)–C–C–N with tert-alkyl or cyclic N) is 1. The Hall–Kier alpha value is -2.02. The van der Waals surface area contributed by atoms with Gasteiger partial charge in [0.05, 0.1) is 18.7 Å². The van der Waals surface area contributed by atoms with Gasteiger partial charge in [0.1, 0.15) is 11.6 Å². The van der Waals surface area contributed by atoms with E-state index in [1.54, 1.807) is 0 Å². The molecule has 2 rings (SSSR count). The van der Waals surface area contributed by atoms with Gasteiger partial charge in [0, 0.05) is 26.1 Å². The van der Waals surface area contributed by atoms with Crippen LogP contribution < -0.4 is 0 Å². The highest BCUT2D eigenvalue weighted by Gasteiger charge is 2.37. The molecule has 0 aliphatic carbocycles. The minimum Gasteiger partial charge on any atom is -0.391 e. The van der Waals surface area contributed by atoms with E-state index in [0.717, 1.165) is 18.2 Å². The monoisotopic (exact) mass is 312 g/mol. The first-order valence-electron chi connectivity index (χ1n) is 6.93. The summed E-state index contributed by atoms with van der Waals surface area (Å²) in [5, 5.41) is 9.79. The van der Waals surface area contributed by atoms with E-state index in [-0.39, 0.29) is 31.0 Å². The molecule has 0 aromatic heterocycles. The van der Waals surface area contributed by atoms with Gasteiger partial charge < -0.3 is 14.9 Å². The highest BCUT2D eigenvalue weighted by Crippen LogP contribution is 2.34. The Kier molecular flexibility index (Phi) is 4.75. The molecule has 0 radical (unpaired) electrons. The van der Waals surface area contributed by atoms with E-state index < -0.39 is 29.7 Å². The Labute approximate surface area is 127 Å². The van der Waals surface area contributed by atoms with Crippen LogP contribution in [0.15, 0.2) is 18.2 Å². The number of aliphatic hydroxyl groups excluding tert-OH is 1. The van der Waals surface area contributed by atoms with Crippen molar-refractivity contribution in [3.8, 4) is 0 Å². The molecule has 1 saturated heterocycles. The summed E-state index contributed by atoms with van der Waals surface area (Å²) in [5.41, 5.74) is 0.0374. The quantitative estimate of drug-likeness (QED) is 0.908. The Bertz CT molecular complexity index is 594. The fourth-order valence-electron chi connectivity index (χ4n) is 2.56. The number of aliphatic hydroxyl groups is 1. The van der Waals surface area contributed by atoms with Crippen molar-refractivity contribution in [2.45, 2.75) is 25.5 Å². The molecule has 1 aromatic rings. The average Bonchev–Trinajstić information content (AvgIpc) is 2.83. The van der Waals surface area contributed by atoms with Gasteiger partial charge in [-0.15, -0.1) is 0 Å². The van der Waals surface area contributed by atoms with E-state index in [0.29, 0.717) is 0 Å². The van der Waals surface area contributed by atoms with Crippen molar-refractivity contribution in [2.24, 2.45) is 0 Å². The van der Waals surface area contributed by atoms with E-state index in [1.165, 1.54) is 23.8 Å². The van der Waals surface area contributed by atoms with Crippen molar-refractivity contribution in [1.29, 1.82) is 0 Å². The summed E-state index contributed by atoms with van der Waals surface area (Å²) < 4.78 is 27.3. The van der Waals surface area contributed by atoms with Crippen LogP contribution >= 0.6 is 0 Å². The van der Waals surface area contributed by atoms with Crippen molar-refractivity contribution in [3.63, 3.8) is 0 Å². The van der Waals surface area contributed by atoms with E-state index in [4.69, 9.17) is 0 Å². The molecule has 2 amide bonds. The maximum atomic E-state index is 13.9. The van der Waals surface area contributed by atoms with Crippen molar-refractivity contribution in [1.82, 2.24) is 9.80 Å². The average molecular weight is 312 g/mol. The van der Waals surface area contributed by atoms with Crippen LogP contribution in [-0.2, 0) is 9.59 Å². The molecule has 1 N–H and O–H groups in total. The summed E-state index contributed by atoms with van der Waals surface area (Å²) >= 11 is 0. The fourth-order valence-corrected chi connectivity index (χ4v) is 2.56. The predicted molar refractivity (Wildman–Crippen MR) is 74.7 cm³/mol. The molecular formula is C15H18F2N2O3. The number of carbonyl (C=O) groups excluding carboxylic acids is 2. The maximum Gasteiger partial charge on any atom is 0.242 e. The number of likely N-dealkylation sites (tertiary alicyclic amines) is 1. The first kappa shape index (κ1) is 16.4. The second-order valence-corrected chi connectivity index (χ2v) is 5.49. The molecule has 1 aromatic carbocycles. The number of carbonyl (C=O) groups is 2. The van der Waals surface area contributed by atoms with Crippen molar-refractivity contribution >= 4 is 11.8 Å². The van der Waals surface area contributed by atoms with Gasteiger partial charge in [-0.25, -0.2) is 8.78 Å². The van der Waals surface area contributed by atoms with Crippen LogP contribution in [-0.4, -0.2) is 53.0 Å². The van der Waals surface area contributed by atoms with Gasteiger partial charge in [0.25, 0.3) is 0 Å². The molecule has 2 atom stereocenters. The third-order valence-electron chi connectivity index (χ3n) is 3.83. The van der Waals surface area contributed by atoms with Crippen LogP contribution in [0.5, 0.6) is 0 Å². The van der Waals surface area contributed by atoms with Crippen LogP contribution in [0.4, 0.5) is 8.78 Å². The van der Waals surface area contributed by atoms with E-state index >= 15 is 0 Å². The number of amides is 2. The number of halogens is 2. The number of likely N-dealkylation sites (N-methyl/N-ethyl adjacent to an activating group) is 1. The molecule has 1 aliphatic rings. The largest absolute Gasteiger partial charge is 0.391 e. The lowest BCUT2D eigenvalue weighted by Crippen LogP contribution is -2.40. The van der Waals surface area contributed by atoms with Crippen LogP contribution in [0, 0.1) is 11.6 Å². The normalized spacial score (nSPS) is 21.0. The minimum atomic E-state index is -0.806. The number of rotatable bonds is 3. The Morgan fingerprint density at radius 3 is 2.73 bits per heavy atom. The molecule has 120 valence electrons. The standard InChI is InChI=1S/C15H18F2N2O3/c1-9(20)18(2)8-15(22)19-7-11(21)6-14(19)12-5-10(16)3-4-13(12)17/h3-5,11,14,21H,6-8H2,1-2H3. The predicted octanol–water partition coefficient (Wildman–Crippen LogP) is 1.08. The minimum absolute atomic E-state index is 0.0329. The molecule has 0 spiro atoms. The molecule has 2 unspecified atom stereocenters. The summed E-state index contributed by atoms with van der Waals surface area (Å²) in [7, 11) is 1.48. The topological polar surface area (TPSA) is 60.9 Å². The van der Waals surface area contributed by atoms with Gasteiger partial charge in [-0.3, -0.25) is 9.59 Å². The smallest absolute Gasteiger partial charge is 0.242 e. The van der Waals surface area contributed by atoms with E-state index in [2.05, 4.69) is 0 Å². The van der Waals surface area contributed by atoms with Gasteiger partial charge in [-0.05, 0) is 24.6 Å². The number of nitrogens with zero attached hydrogens (tertiary/aromatic N) is 2. The van der Waals surface area contributed by atoms with Gasteiger partial charge >= 0.3 is 0 Å². The van der Waals surface area contributed by atoms with Crippen LogP contribution in [0.3, 0.4) is 0 Å². The third-order valence-corrected chi connectivity index (χ3v) is 3.83. The fraction of sp³-hybridized carbons (Fsp3) is 0.467. The van der Waals surface area contributed by atoms with Gasteiger partial charge in [-0.1, -0.05) is 0 Å². The summed E-state index contributed by atoms with van der Waals surface area (Å²) in [6.45, 7) is 1.19. The maximum absolute atomic E-state index is 13.9. The summed E-state index contributed by atoms with van der Waals surface area (Å²) in [4.78, 5) is 26.0. The molecule has 22 heavy (non-hydrogen) atoms. The number of hydrogen-bond acceptors (Lipinski definition) is 3. The molecule has 1 fully saturated rings. The van der Waals surface area contributed by atoms with Crippen molar-refractivity contribution in [3.05, 3.63) is 35.4 Å². The van der Waals surface area contributed by atoms with Gasteiger partial charge in [0.15, 0.2) is 0 Å². The summed E-state index contributed by atoms with van der Waals surface area (Å²) in [6.07, 6.45) is -0.671. The molecule has 5 nitrogen and oxygen atoms in total. The van der Waals surface area contributed by atoms with E-state index in [9.17, 15) is 23.5 Å². The van der Waals surface area contributed by atoms with E-state index in [1.807, 2.05) is 0 Å². The molecule has 7 heteroatoms. The lowest BCUT2D eigenvalue weighted by atomic mass is 10.0. The van der Waals surface area contributed by atoms with Crippen LogP contribution in [0.2, 0.25) is 0 Å². The zero-order valence-corrected chi connectivity index (χ0v) is 12.4. The molecular weight excluding hydrogens is 294 g/mol. The van der Waals surface area contributed by atoms with Gasteiger partial charge in [-0.2, -0.15) is 0 Å². The Morgan fingerprint density at radius 1 is 1.41 bits per heavy atom. The molecule has 0 bridgehead atoms. The Morgan fingerprint density at radius 2 is 2.09 bits per heavy atom. The second-order valence-electron chi connectivity index (χ2n) is 5.49. The first-order valence-corrected chi connectivity index (χ1v) is 6.93. The highest BCUT2D eigenvalue weighted by atomic mass is 19.1. The molecule has 1 aliphatic heterocycles. The third kappa shape index (κ3) is 3.41. The zero-order chi connectivity index (χ0) is 16.4. The molecule has 1 heterocycles. The molecule has 0 saturated carbocycles. The summed E-state index contributed by atoms with van der Waals surface area (Å²) in [5.74, 6) is -1.92.